The van der Waals surface area contributed by atoms with Gasteiger partial charge in [-0.2, -0.15) is 6.07 Å². The monoisotopic (exact) mass is 806 g/mol. The number of nitrogens with zero attached hydrogens (tertiary/aromatic N) is 3. The number of hydrogen-bond donors (Lipinski definition) is 0. The van der Waals surface area contributed by atoms with Crippen molar-refractivity contribution in [3.05, 3.63) is 95.2 Å². The van der Waals surface area contributed by atoms with Gasteiger partial charge < -0.3 is 14.0 Å². The molecule has 5 nitrogen and oxygen atoms in total. The van der Waals surface area contributed by atoms with Gasteiger partial charge in [0.05, 0.1) is 5.54 Å². The zero-order valence-corrected chi connectivity index (χ0v) is 31.3. The molecule has 0 saturated heterocycles. The number of aliphatic imine (C=N–C) groups is 1. The van der Waals surface area contributed by atoms with Gasteiger partial charge in [-0.05, 0) is 80.0 Å². The van der Waals surface area contributed by atoms with E-state index < -0.39 is 0 Å². The minimum atomic E-state index is -0.296. The first-order valence-electron chi connectivity index (χ1n) is 16.6. The number of ether oxygens (including phenoxy) is 2. The summed E-state index contributed by atoms with van der Waals surface area (Å²) in [4.78, 5) is 10.0. The fourth-order valence-corrected chi connectivity index (χ4v) is 6.98. The Morgan fingerprint density at radius 1 is 0.809 bits per heavy atom. The first-order valence-corrected chi connectivity index (χ1v) is 16.6. The van der Waals surface area contributed by atoms with Crippen molar-refractivity contribution in [2.24, 2.45) is 4.99 Å². The van der Waals surface area contributed by atoms with Gasteiger partial charge in [-0.1, -0.05) is 88.9 Å². The summed E-state index contributed by atoms with van der Waals surface area (Å²) in [6.45, 7) is 19.9. The number of benzene rings is 3. The van der Waals surface area contributed by atoms with E-state index in [1.54, 1.807) is 0 Å². The zero-order valence-electron chi connectivity index (χ0n) is 29.1. The Morgan fingerprint density at radius 3 is 2.28 bits per heavy atom. The van der Waals surface area contributed by atoms with E-state index in [9.17, 15) is 0 Å². The predicted octanol–water partition coefficient (Wildman–Crippen LogP) is 10.3. The molecule has 2 aromatic heterocycles. The Morgan fingerprint density at radius 2 is 1.55 bits per heavy atom. The summed E-state index contributed by atoms with van der Waals surface area (Å²) in [5, 5.41) is 2.28. The SMILES string of the molecule is Cc1ccc2c(c1)c1ccc(Oc3[c-]c(C4=N[C@@]5(C)CCCC[C@]5(C)O4)cc(C(C)(C)C)c3)[c-]c1n2-c1cc(C(C)(C)C)ccn1.[Pt+2]. The number of fused-ring (bicyclic) bond motifs is 4. The minimum Gasteiger partial charge on any atom is -0.512 e. The fourth-order valence-electron chi connectivity index (χ4n) is 6.98. The van der Waals surface area contributed by atoms with E-state index in [0.717, 1.165) is 46.2 Å². The van der Waals surface area contributed by atoms with Crippen molar-refractivity contribution in [1.29, 1.82) is 0 Å². The summed E-state index contributed by atoms with van der Waals surface area (Å²) in [5.74, 6) is 2.78. The molecular formula is C41H45N3O2Pt. The molecule has 0 amide bonds. The number of pyridine rings is 1. The van der Waals surface area contributed by atoms with Gasteiger partial charge in [0.1, 0.15) is 17.3 Å². The average Bonchev–Trinajstić information content (AvgIpc) is 3.46. The largest absolute Gasteiger partial charge is 2.00 e. The summed E-state index contributed by atoms with van der Waals surface area (Å²) in [5.41, 5.74) is 5.81. The van der Waals surface area contributed by atoms with Gasteiger partial charge in [0.15, 0.2) is 0 Å². The Kier molecular flexibility index (Phi) is 8.27. The van der Waals surface area contributed by atoms with Crippen molar-refractivity contribution >= 4 is 27.7 Å². The molecular weight excluding hydrogens is 762 g/mol. The normalized spacial score (nSPS) is 21.3. The van der Waals surface area contributed by atoms with Crippen molar-refractivity contribution < 1.29 is 30.5 Å². The number of rotatable bonds is 4. The van der Waals surface area contributed by atoms with Crippen LogP contribution in [0.25, 0.3) is 27.6 Å². The first kappa shape index (κ1) is 33.5. The second kappa shape index (κ2) is 11.6. The Balaban J connectivity index is 0.00000386. The molecule has 5 aromatic rings. The molecule has 246 valence electrons. The molecule has 0 radical (unpaired) electrons. The van der Waals surface area contributed by atoms with Crippen LogP contribution in [0.2, 0.25) is 0 Å². The van der Waals surface area contributed by atoms with Crippen molar-refractivity contribution in [2.75, 3.05) is 0 Å². The third-order valence-corrected chi connectivity index (χ3v) is 10.2. The second-order valence-corrected chi connectivity index (χ2v) is 15.8. The molecule has 1 fully saturated rings. The van der Waals surface area contributed by atoms with Crippen LogP contribution in [-0.4, -0.2) is 26.6 Å². The third kappa shape index (κ3) is 5.94. The summed E-state index contributed by atoms with van der Waals surface area (Å²) >= 11 is 0. The molecule has 3 aromatic carbocycles. The van der Waals surface area contributed by atoms with Crippen LogP contribution in [0.5, 0.6) is 11.5 Å². The van der Waals surface area contributed by atoms with E-state index in [-0.39, 0.29) is 43.0 Å². The molecule has 0 spiro atoms. The first-order chi connectivity index (χ1) is 21.6. The van der Waals surface area contributed by atoms with Gasteiger partial charge in [0, 0.05) is 23.2 Å². The van der Waals surface area contributed by atoms with Crippen LogP contribution < -0.4 is 4.74 Å². The molecule has 1 aliphatic heterocycles. The van der Waals surface area contributed by atoms with Crippen LogP contribution in [0, 0.1) is 19.1 Å². The molecule has 0 bridgehead atoms. The van der Waals surface area contributed by atoms with Gasteiger partial charge in [-0.3, -0.25) is 4.99 Å². The Hall–Kier alpha value is -3.43. The summed E-state index contributed by atoms with van der Waals surface area (Å²) in [7, 11) is 0. The van der Waals surface area contributed by atoms with E-state index in [1.807, 2.05) is 12.3 Å². The van der Waals surface area contributed by atoms with Crippen LogP contribution >= 0.6 is 0 Å². The standard InChI is InChI=1S/C41H45N3O2.Pt/c1-26-12-15-34-33(20-26)32-14-13-30(25-35(32)44(34)36-24-28(16-19-42-36)38(2,3)4)45-31-22-27(21-29(23-31)39(5,6)7)37-43-40(8)17-10-11-18-41(40,9)46-37;/h12-16,19-21,23-24H,10-11,17-18H2,1-9H3;/q-2;+2/t40-,41-;/m0./s1. The average molecular weight is 807 g/mol. The molecule has 7 rings (SSSR count). The van der Waals surface area contributed by atoms with E-state index >= 15 is 0 Å². The molecule has 2 atom stereocenters. The van der Waals surface area contributed by atoms with Crippen molar-refractivity contribution in [3.63, 3.8) is 0 Å². The fraction of sp³-hybridized carbons (Fsp3) is 0.415. The van der Waals surface area contributed by atoms with Crippen LogP contribution in [0.1, 0.15) is 103 Å². The van der Waals surface area contributed by atoms with Crippen molar-refractivity contribution in [3.8, 4) is 17.3 Å². The molecule has 3 heterocycles. The van der Waals surface area contributed by atoms with Crippen molar-refractivity contribution in [1.82, 2.24) is 9.55 Å². The quantitative estimate of drug-likeness (QED) is 0.170. The van der Waals surface area contributed by atoms with E-state index in [2.05, 4.69) is 128 Å². The van der Waals surface area contributed by atoms with Crippen LogP contribution in [0.4, 0.5) is 0 Å². The molecule has 6 heteroatoms. The number of hydrogen-bond acceptors (Lipinski definition) is 4. The maximum Gasteiger partial charge on any atom is 2.00 e. The predicted molar refractivity (Wildman–Crippen MR) is 188 cm³/mol. The van der Waals surface area contributed by atoms with Gasteiger partial charge in [0.25, 0.3) is 0 Å². The molecule has 47 heavy (non-hydrogen) atoms. The van der Waals surface area contributed by atoms with Crippen LogP contribution in [-0.2, 0) is 36.6 Å². The Bertz CT molecular complexity index is 2030. The Labute approximate surface area is 294 Å². The van der Waals surface area contributed by atoms with Gasteiger partial charge in [-0.25, -0.2) is 4.98 Å². The van der Waals surface area contributed by atoms with Crippen molar-refractivity contribution in [2.45, 2.75) is 110 Å². The van der Waals surface area contributed by atoms with Crippen LogP contribution in [0.3, 0.4) is 0 Å². The molecule has 1 aliphatic carbocycles. The molecule has 0 unspecified atom stereocenters. The molecule has 0 N–H and O–H groups in total. The van der Waals surface area contributed by atoms with E-state index in [0.29, 0.717) is 17.4 Å². The number of aromatic nitrogens is 2. The molecule has 1 saturated carbocycles. The summed E-state index contributed by atoms with van der Waals surface area (Å²) < 4.78 is 15.5. The van der Waals surface area contributed by atoms with Gasteiger partial charge in [0.2, 0.25) is 0 Å². The smallest absolute Gasteiger partial charge is 0.512 e. The van der Waals surface area contributed by atoms with Crippen LogP contribution in [0.15, 0.2) is 65.8 Å². The second-order valence-electron chi connectivity index (χ2n) is 15.8. The maximum atomic E-state index is 6.66. The summed E-state index contributed by atoms with van der Waals surface area (Å²) in [6, 6.07) is 26.4. The summed E-state index contributed by atoms with van der Waals surface area (Å²) in [6.07, 6.45) is 6.29. The maximum absolute atomic E-state index is 6.66. The zero-order chi connectivity index (χ0) is 32.6. The number of aryl methyl sites for hydroxylation is 1. The molecule has 2 aliphatic rings. The topological polar surface area (TPSA) is 48.6 Å². The van der Waals surface area contributed by atoms with E-state index in [4.69, 9.17) is 19.5 Å². The van der Waals surface area contributed by atoms with Gasteiger partial charge >= 0.3 is 21.1 Å². The third-order valence-electron chi connectivity index (χ3n) is 10.2. The minimum absolute atomic E-state index is 0. The van der Waals surface area contributed by atoms with E-state index in [1.165, 1.54) is 29.4 Å². The van der Waals surface area contributed by atoms with Gasteiger partial charge in [-0.15, -0.1) is 29.1 Å².